The van der Waals surface area contributed by atoms with Gasteiger partial charge in [0.15, 0.2) is 5.75 Å². The monoisotopic (exact) mass is 727 g/mol. The summed E-state index contributed by atoms with van der Waals surface area (Å²) < 4.78 is 14.8. The van der Waals surface area contributed by atoms with Crippen LogP contribution in [0.25, 0.3) is 11.0 Å². The van der Waals surface area contributed by atoms with Crippen molar-refractivity contribution in [2.24, 2.45) is 5.73 Å². The van der Waals surface area contributed by atoms with Gasteiger partial charge in [-0.2, -0.15) is 0 Å². The highest BCUT2D eigenvalue weighted by atomic mass is 19.1. The predicted octanol–water partition coefficient (Wildman–Crippen LogP) is 0.854. The van der Waals surface area contributed by atoms with E-state index in [0.717, 1.165) is 5.56 Å². The van der Waals surface area contributed by atoms with Crippen LogP contribution in [0.1, 0.15) is 42.2 Å². The van der Waals surface area contributed by atoms with Crippen LogP contribution < -0.4 is 27.2 Å². The molecule has 2 fully saturated rings. The summed E-state index contributed by atoms with van der Waals surface area (Å²) in [6.45, 7) is 1.80. The first kappa shape index (κ1) is 36.3. The number of primary amides is 1. The molecule has 0 radical (unpaired) electrons. The number of amides is 7. The smallest absolute Gasteiger partial charge is 0.317 e. The van der Waals surface area contributed by atoms with Gasteiger partial charge in [0, 0.05) is 71.6 Å². The van der Waals surface area contributed by atoms with Crippen LogP contribution in [0.5, 0.6) is 5.75 Å². The lowest BCUT2D eigenvalue weighted by atomic mass is 10.0. The van der Waals surface area contributed by atoms with Gasteiger partial charge in [-0.05, 0) is 47.9 Å². The first-order valence-electron chi connectivity index (χ1n) is 17.0. The molecule has 17 heteroatoms. The minimum absolute atomic E-state index is 0.00115. The molecule has 0 bridgehead atoms. The van der Waals surface area contributed by atoms with E-state index in [1.54, 1.807) is 30.3 Å². The number of nitrogens with one attached hydrogen (secondary N) is 3. The molecule has 0 saturated carbocycles. The number of nitrogens with two attached hydrogens (primary N) is 1. The molecule has 4 heterocycles. The quantitative estimate of drug-likeness (QED) is 0.125. The van der Waals surface area contributed by atoms with Crippen molar-refractivity contribution in [3.8, 4) is 5.75 Å². The molecule has 0 unspecified atom stereocenters. The molecule has 276 valence electrons. The SMILES string of the molecule is NC(=O)c1ccccc1C(=O)N(CCN1CCNC1=O)CCn1c(=O)c(C(=O)NCCN2CCNC2=O)c(O)c2ncc(Cc3ccc(F)cc3)cc21. The Balaban J connectivity index is 1.36. The van der Waals surface area contributed by atoms with Gasteiger partial charge in [0.05, 0.1) is 16.6 Å². The first-order valence-corrected chi connectivity index (χ1v) is 17.0. The molecule has 2 saturated heterocycles. The lowest BCUT2D eigenvalue weighted by molar-refractivity contribution is 0.0732. The number of aromatic nitrogens is 2. The van der Waals surface area contributed by atoms with E-state index in [9.17, 15) is 38.3 Å². The number of hydrogen-bond donors (Lipinski definition) is 5. The van der Waals surface area contributed by atoms with Gasteiger partial charge in [0.1, 0.15) is 16.9 Å². The predicted molar refractivity (Wildman–Crippen MR) is 190 cm³/mol. The Labute approximate surface area is 302 Å². The summed E-state index contributed by atoms with van der Waals surface area (Å²) in [4.78, 5) is 87.0. The Morgan fingerprint density at radius 3 is 2.17 bits per heavy atom. The lowest BCUT2D eigenvalue weighted by Gasteiger charge is -2.27. The van der Waals surface area contributed by atoms with Gasteiger partial charge in [0.25, 0.3) is 17.4 Å². The number of benzene rings is 2. The number of urea groups is 2. The third-order valence-corrected chi connectivity index (χ3v) is 9.18. The van der Waals surface area contributed by atoms with Gasteiger partial charge in [-0.3, -0.25) is 24.2 Å². The van der Waals surface area contributed by atoms with Crippen LogP contribution in [0.4, 0.5) is 14.0 Å². The maximum Gasteiger partial charge on any atom is 0.317 e. The van der Waals surface area contributed by atoms with E-state index in [1.807, 2.05) is 0 Å². The van der Waals surface area contributed by atoms with Crippen molar-refractivity contribution in [3.63, 3.8) is 0 Å². The molecule has 2 aliphatic rings. The number of hydrogen-bond acceptors (Lipinski definition) is 8. The van der Waals surface area contributed by atoms with Crippen molar-refractivity contribution in [3.05, 3.63) is 105 Å². The number of nitrogens with zero attached hydrogens (tertiary/aromatic N) is 5. The molecular weight excluding hydrogens is 689 g/mol. The molecule has 2 aliphatic heterocycles. The fraction of sp³-hybridized carbons (Fsp3) is 0.306. The van der Waals surface area contributed by atoms with E-state index in [4.69, 9.17) is 5.73 Å². The van der Waals surface area contributed by atoms with Crippen LogP contribution >= 0.6 is 0 Å². The van der Waals surface area contributed by atoms with E-state index in [-0.39, 0.29) is 73.5 Å². The fourth-order valence-corrected chi connectivity index (χ4v) is 6.38. The van der Waals surface area contributed by atoms with Crippen LogP contribution in [0, 0.1) is 5.82 Å². The minimum Gasteiger partial charge on any atom is -0.505 e. The fourth-order valence-electron chi connectivity index (χ4n) is 6.38. The Kier molecular flexibility index (Phi) is 10.8. The van der Waals surface area contributed by atoms with Crippen LogP contribution in [-0.4, -0.2) is 118 Å². The second-order valence-electron chi connectivity index (χ2n) is 12.6. The van der Waals surface area contributed by atoms with E-state index in [2.05, 4.69) is 20.9 Å². The Morgan fingerprint density at radius 1 is 0.887 bits per heavy atom. The van der Waals surface area contributed by atoms with Crippen molar-refractivity contribution >= 4 is 40.8 Å². The lowest BCUT2D eigenvalue weighted by Crippen LogP contribution is -2.43. The van der Waals surface area contributed by atoms with E-state index in [1.165, 1.54) is 49.7 Å². The first-order chi connectivity index (χ1) is 25.5. The number of pyridine rings is 2. The zero-order valence-corrected chi connectivity index (χ0v) is 28.6. The number of carbonyl (C=O) groups is 5. The highest BCUT2D eigenvalue weighted by molar-refractivity contribution is 6.06. The van der Waals surface area contributed by atoms with Crippen molar-refractivity contribution in [2.75, 3.05) is 58.9 Å². The van der Waals surface area contributed by atoms with Gasteiger partial charge >= 0.3 is 12.1 Å². The number of halogens is 1. The molecule has 0 spiro atoms. The third kappa shape index (κ3) is 8.03. The summed E-state index contributed by atoms with van der Waals surface area (Å²) >= 11 is 0. The second kappa shape index (κ2) is 15.8. The third-order valence-electron chi connectivity index (χ3n) is 9.18. The summed E-state index contributed by atoms with van der Waals surface area (Å²) in [5, 5.41) is 19.3. The summed E-state index contributed by atoms with van der Waals surface area (Å²) in [6.07, 6.45) is 1.78. The zero-order valence-electron chi connectivity index (χ0n) is 28.6. The van der Waals surface area contributed by atoms with E-state index in [0.29, 0.717) is 38.2 Å². The minimum atomic E-state index is -0.886. The summed E-state index contributed by atoms with van der Waals surface area (Å²) in [5.74, 6) is -3.32. The average molecular weight is 728 g/mol. The highest BCUT2D eigenvalue weighted by Crippen LogP contribution is 2.26. The highest BCUT2D eigenvalue weighted by Gasteiger charge is 2.28. The normalized spacial score (nSPS) is 14.0. The number of carbonyl (C=O) groups excluding carboxylic acids is 5. The second-order valence-corrected chi connectivity index (χ2v) is 12.6. The van der Waals surface area contributed by atoms with Crippen LogP contribution in [0.15, 0.2) is 65.6 Å². The molecule has 2 aromatic carbocycles. The molecule has 0 aliphatic carbocycles. The molecule has 6 rings (SSSR count). The van der Waals surface area contributed by atoms with E-state index < -0.39 is 40.4 Å². The van der Waals surface area contributed by atoms with Crippen LogP contribution in [0.2, 0.25) is 0 Å². The molecule has 2 aromatic heterocycles. The summed E-state index contributed by atoms with van der Waals surface area (Å²) in [6, 6.07) is 12.9. The van der Waals surface area contributed by atoms with Gasteiger partial charge in [0.2, 0.25) is 5.91 Å². The molecule has 4 aromatic rings. The summed E-state index contributed by atoms with van der Waals surface area (Å²) in [7, 11) is 0. The Hall–Kier alpha value is -6.52. The molecule has 6 N–H and O–H groups in total. The van der Waals surface area contributed by atoms with Crippen molar-refractivity contribution in [2.45, 2.75) is 13.0 Å². The molecular formula is C36H38FN9O7. The molecule has 53 heavy (non-hydrogen) atoms. The number of fused-ring (bicyclic) bond motifs is 1. The summed E-state index contributed by atoms with van der Waals surface area (Å²) in [5.41, 5.74) is 5.64. The van der Waals surface area contributed by atoms with Gasteiger partial charge < -0.3 is 46.1 Å². The van der Waals surface area contributed by atoms with E-state index >= 15 is 0 Å². The van der Waals surface area contributed by atoms with Crippen molar-refractivity contribution in [1.29, 1.82) is 0 Å². The maximum atomic E-state index is 14.2. The van der Waals surface area contributed by atoms with Crippen molar-refractivity contribution in [1.82, 2.24) is 40.2 Å². The number of rotatable bonds is 14. The van der Waals surface area contributed by atoms with Gasteiger partial charge in [-0.15, -0.1) is 0 Å². The van der Waals surface area contributed by atoms with Gasteiger partial charge in [-0.1, -0.05) is 24.3 Å². The average Bonchev–Trinajstić information content (AvgIpc) is 3.76. The zero-order chi connectivity index (χ0) is 37.6. The Morgan fingerprint density at radius 2 is 1.53 bits per heavy atom. The van der Waals surface area contributed by atoms with Crippen LogP contribution in [0.3, 0.4) is 0 Å². The van der Waals surface area contributed by atoms with Crippen molar-refractivity contribution < 1.29 is 33.5 Å². The van der Waals surface area contributed by atoms with Crippen LogP contribution in [-0.2, 0) is 13.0 Å². The molecule has 16 nitrogen and oxygen atoms in total. The topological polar surface area (TPSA) is 212 Å². The standard InChI is InChI=1S/C36H38FN9O7/c37-24-7-5-22(6-8-24)19-23-20-27-29(42-21-23)30(47)28(32(49)39-9-12-44-13-10-40-35(44)52)34(51)46(27)18-17-43(15-16-45-14-11-41-36(45)53)33(50)26-4-2-1-3-25(26)31(38)48/h1-8,20-21,47H,9-19H2,(H2,38,48)(H,39,49)(H,40,52)(H,41,53). The largest absolute Gasteiger partial charge is 0.505 e. The molecule has 0 atom stereocenters. The maximum absolute atomic E-state index is 14.2. The number of aromatic hydroxyl groups is 1. The van der Waals surface area contributed by atoms with Gasteiger partial charge in [-0.25, -0.2) is 14.0 Å². The molecule has 7 amide bonds. The Bertz CT molecular complexity index is 2140.